The van der Waals surface area contributed by atoms with Crippen molar-refractivity contribution in [2.45, 2.75) is 89.3 Å². The molecule has 16 heteroatoms. The molecule has 3 aromatic heterocycles. The molecule has 0 bridgehead atoms. The van der Waals surface area contributed by atoms with Gasteiger partial charge in [-0.3, -0.25) is 9.58 Å². The highest BCUT2D eigenvalue weighted by molar-refractivity contribution is 6.32. The van der Waals surface area contributed by atoms with Crippen LogP contribution in [-0.4, -0.2) is 103 Å². The fraction of sp³-hybridized carbons (Fsp3) is 0.559. The SMILES string of the molecule is COCC(F)(F)COc1nn([C@H]2CC[C@H](N3C[C@@H](C)O[C@@H](C)C3)CC2)cc1Nc1ncc(-c2ccc(Cl)c(O[C@@H](C)Cn3cncn3)c2)cn1. The minimum atomic E-state index is -3.19. The molecule has 6 rings (SSSR count). The summed E-state index contributed by atoms with van der Waals surface area (Å²) >= 11 is 6.44. The Morgan fingerprint density at radius 2 is 1.76 bits per heavy atom. The van der Waals surface area contributed by atoms with Crippen molar-refractivity contribution in [3.63, 3.8) is 0 Å². The van der Waals surface area contributed by atoms with E-state index in [4.69, 9.17) is 25.8 Å². The van der Waals surface area contributed by atoms with Crippen molar-refractivity contribution in [2.24, 2.45) is 0 Å². The van der Waals surface area contributed by atoms with E-state index in [0.717, 1.165) is 49.9 Å². The molecule has 1 saturated carbocycles. The molecular weight excluding hydrogens is 672 g/mol. The Balaban J connectivity index is 1.14. The molecule has 0 amide bonds. The maximum Gasteiger partial charge on any atom is 0.304 e. The normalized spacial score (nSPS) is 22.3. The summed E-state index contributed by atoms with van der Waals surface area (Å²) in [7, 11) is 1.23. The maximum absolute atomic E-state index is 14.4. The Morgan fingerprint density at radius 3 is 2.44 bits per heavy atom. The Labute approximate surface area is 295 Å². The molecule has 13 nitrogen and oxygen atoms in total. The average molecular weight is 716 g/mol. The molecule has 1 aliphatic heterocycles. The van der Waals surface area contributed by atoms with Crippen LogP contribution in [0.4, 0.5) is 20.4 Å². The monoisotopic (exact) mass is 715 g/mol. The number of benzene rings is 1. The number of halogens is 3. The minimum absolute atomic E-state index is 0.0471. The molecule has 1 N–H and O–H groups in total. The lowest BCUT2D eigenvalue weighted by Gasteiger charge is -2.42. The first-order valence-electron chi connectivity index (χ1n) is 16.9. The van der Waals surface area contributed by atoms with Gasteiger partial charge in [0, 0.05) is 44.2 Å². The van der Waals surface area contributed by atoms with Crippen molar-refractivity contribution < 1.29 is 27.7 Å². The molecule has 3 atom stereocenters. The fourth-order valence-electron chi connectivity index (χ4n) is 6.66. The summed E-state index contributed by atoms with van der Waals surface area (Å²) < 4.78 is 54.5. The maximum atomic E-state index is 14.4. The predicted molar refractivity (Wildman–Crippen MR) is 183 cm³/mol. The lowest BCUT2D eigenvalue weighted by Crippen LogP contribution is -2.51. The molecular formula is C34H44ClF2N9O4. The van der Waals surface area contributed by atoms with E-state index >= 15 is 0 Å². The Bertz CT molecular complexity index is 1660. The molecule has 1 aliphatic carbocycles. The van der Waals surface area contributed by atoms with Crippen LogP contribution in [0.1, 0.15) is 52.5 Å². The van der Waals surface area contributed by atoms with Gasteiger partial charge in [-0.05, 0) is 64.2 Å². The van der Waals surface area contributed by atoms with Gasteiger partial charge in [0.15, 0.2) is 6.61 Å². The molecule has 50 heavy (non-hydrogen) atoms. The fourth-order valence-corrected chi connectivity index (χ4v) is 6.83. The van der Waals surface area contributed by atoms with Crippen LogP contribution in [0.2, 0.25) is 5.02 Å². The van der Waals surface area contributed by atoms with Crippen LogP contribution >= 0.6 is 11.6 Å². The molecule has 1 aromatic carbocycles. The first kappa shape index (κ1) is 35.9. The van der Waals surface area contributed by atoms with E-state index in [0.29, 0.717) is 29.0 Å². The summed E-state index contributed by atoms with van der Waals surface area (Å²) in [6, 6.07) is 6.02. The van der Waals surface area contributed by atoms with Crippen LogP contribution in [0.25, 0.3) is 11.1 Å². The highest BCUT2D eigenvalue weighted by atomic mass is 35.5. The zero-order valence-corrected chi connectivity index (χ0v) is 29.5. The number of ether oxygens (including phenoxy) is 4. The number of rotatable bonds is 14. The topological polar surface area (TPSA) is 127 Å². The summed E-state index contributed by atoms with van der Waals surface area (Å²) in [4.78, 5) is 15.5. The van der Waals surface area contributed by atoms with Crippen LogP contribution < -0.4 is 14.8 Å². The van der Waals surface area contributed by atoms with Gasteiger partial charge >= 0.3 is 5.92 Å². The van der Waals surface area contributed by atoms with E-state index in [2.05, 4.69) is 54.0 Å². The van der Waals surface area contributed by atoms with Gasteiger partial charge in [0.05, 0.1) is 36.0 Å². The van der Waals surface area contributed by atoms with E-state index < -0.39 is 19.1 Å². The van der Waals surface area contributed by atoms with Gasteiger partial charge in [-0.2, -0.15) is 5.10 Å². The Kier molecular flexibility index (Phi) is 11.5. The van der Waals surface area contributed by atoms with Crippen LogP contribution in [0.3, 0.4) is 0 Å². The number of hydrogen-bond donors (Lipinski definition) is 1. The number of hydrogen-bond acceptors (Lipinski definition) is 11. The molecule has 4 heterocycles. The van der Waals surface area contributed by atoms with Crippen molar-refractivity contribution in [3.05, 3.63) is 54.5 Å². The Hall–Kier alpha value is -3.92. The quantitative estimate of drug-likeness (QED) is 0.164. The van der Waals surface area contributed by atoms with Crippen LogP contribution in [-0.2, 0) is 16.0 Å². The van der Waals surface area contributed by atoms with E-state index in [9.17, 15) is 8.78 Å². The van der Waals surface area contributed by atoms with E-state index in [1.165, 1.54) is 13.4 Å². The summed E-state index contributed by atoms with van der Waals surface area (Å²) in [5.41, 5.74) is 1.93. The van der Waals surface area contributed by atoms with Crippen LogP contribution in [0, 0.1) is 0 Å². The highest BCUT2D eigenvalue weighted by Gasteiger charge is 2.34. The molecule has 4 aromatic rings. The number of anilines is 2. The highest BCUT2D eigenvalue weighted by Crippen LogP contribution is 2.36. The van der Waals surface area contributed by atoms with Gasteiger partial charge in [-0.25, -0.2) is 28.4 Å². The van der Waals surface area contributed by atoms with Crippen molar-refractivity contribution in [1.29, 1.82) is 0 Å². The third kappa shape index (κ3) is 9.24. The van der Waals surface area contributed by atoms with Gasteiger partial charge in [0.25, 0.3) is 5.88 Å². The molecule has 1 saturated heterocycles. The summed E-state index contributed by atoms with van der Waals surface area (Å²) in [5.74, 6) is -2.37. The third-order valence-electron chi connectivity index (χ3n) is 8.88. The average Bonchev–Trinajstić information content (AvgIpc) is 3.75. The van der Waals surface area contributed by atoms with E-state index in [1.807, 2.05) is 23.7 Å². The molecule has 2 fully saturated rings. The van der Waals surface area contributed by atoms with E-state index in [1.54, 1.807) is 35.7 Å². The smallest absolute Gasteiger partial charge is 0.304 e. The molecule has 0 spiro atoms. The number of nitrogens with one attached hydrogen (secondary N) is 1. The lowest BCUT2D eigenvalue weighted by molar-refractivity contribution is -0.0918. The minimum Gasteiger partial charge on any atom is -0.487 e. The second-order valence-electron chi connectivity index (χ2n) is 13.2. The number of alkyl halides is 2. The van der Waals surface area contributed by atoms with Gasteiger partial charge in [-0.1, -0.05) is 17.7 Å². The number of aromatic nitrogens is 7. The van der Waals surface area contributed by atoms with Gasteiger partial charge < -0.3 is 24.3 Å². The molecule has 0 radical (unpaired) electrons. The second kappa shape index (κ2) is 16.0. The van der Waals surface area contributed by atoms with Crippen LogP contribution in [0.5, 0.6) is 11.6 Å². The van der Waals surface area contributed by atoms with E-state index in [-0.39, 0.29) is 36.2 Å². The largest absolute Gasteiger partial charge is 0.487 e. The first-order chi connectivity index (χ1) is 24.0. The zero-order valence-electron chi connectivity index (χ0n) is 28.7. The summed E-state index contributed by atoms with van der Waals surface area (Å²) in [6.07, 6.45) is 12.2. The molecule has 270 valence electrons. The predicted octanol–water partition coefficient (Wildman–Crippen LogP) is 6.05. The molecule has 2 aliphatic rings. The van der Waals surface area contributed by atoms with Crippen molar-refractivity contribution in [3.8, 4) is 22.8 Å². The number of methoxy groups -OCH3 is 1. The number of morpholine rings is 1. The van der Waals surface area contributed by atoms with Crippen molar-refractivity contribution in [2.75, 3.05) is 38.7 Å². The summed E-state index contributed by atoms with van der Waals surface area (Å²) in [6.45, 7) is 6.88. The van der Waals surface area contributed by atoms with Gasteiger partial charge in [-0.15, -0.1) is 5.10 Å². The first-order valence-corrected chi connectivity index (χ1v) is 17.3. The van der Waals surface area contributed by atoms with Crippen molar-refractivity contribution >= 4 is 23.2 Å². The van der Waals surface area contributed by atoms with Gasteiger partial charge in [0.2, 0.25) is 5.95 Å². The third-order valence-corrected chi connectivity index (χ3v) is 9.19. The van der Waals surface area contributed by atoms with Gasteiger partial charge in [0.1, 0.15) is 36.8 Å². The zero-order chi connectivity index (χ0) is 35.3. The number of nitrogens with zero attached hydrogens (tertiary/aromatic N) is 8. The lowest BCUT2D eigenvalue weighted by atomic mass is 9.89. The molecule has 0 unspecified atom stereocenters. The second-order valence-corrected chi connectivity index (χ2v) is 13.6. The van der Waals surface area contributed by atoms with Crippen molar-refractivity contribution in [1.82, 2.24) is 39.4 Å². The standard InChI is InChI=1S/C34H44ClF2N9O4/c1-22-14-44(15-23(2)49-22)27-6-8-28(9-7-27)46-17-30(32(43-46)48-19-34(36,37)18-47-4)42-33-39-12-26(13-40-33)25-5-10-29(35)31(11-25)50-24(3)16-45-21-38-20-41-45/h5,10-13,17,20-24,27-28H,6-9,14-16,18-19H2,1-4H3,(H,39,40,42)/t22-,23+,24-,27-,28-/m0/s1. The van der Waals surface area contributed by atoms with Crippen LogP contribution in [0.15, 0.2) is 49.4 Å². The Morgan fingerprint density at radius 1 is 1.04 bits per heavy atom. The summed E-state index contributed by atoms with van der Waals surface area (Å²) in [5, 5.41) is 12.3.